The van der Waals surface area contributed by atoms with Gasteiger partial charge in [-0.1, -0.05) is 30.3 Å². The molecule has 150 valence electrons. The molecule has 0 saturated heterocycles. The zero-order chi connectivity index (χ0) is 19.1. The molecule has 1 aromatic carbocycles. The monoisotopic (exact) mass is 527 g/mol. The number of thiazole rings is 2. The molecule has 2 aromatic heterocycles. The van der Waals surface area contributed by atoms with Gasteiger partial charge >= 0.3 is 0 Å². The Hall–Kier alpha value is -1.52. The van der Waals surface area contributed by atoms with E-state index in [-0.39, 0.29) is 24.0 Å². The van der Waals surface area contributed by atoms with Gasteiger partial charge in [-0.05, 0) is 13.8 Å². The first-order valence-electron chi connectivity index (χ1n) is 9.03. The lowest BCUT2D eigenvalue weighted by Gasteiger charge is -2.10. The van der Waals surface area contributed by atoms with Crippen LogP contribution in [0.3, 0.4) is 0 Å². The predicted molar refractivity (Wildman–Crippen MR) is 131 cm³/mol. The van der Waals surface area contributed by atoms with Crippen molar-refractivity contribution < 1.29 is 0 Å². The standard InChI is InChI=1S/C20H25N5S2.HI/c1-14-15(2)27-18(24-14)10-12-23-20(21-3)22-11-9-17-13-26-19(25-17)16-7-5-4-6-8-16;/h4-8,13H,9-12H2,1-3H3,(H2,21,22,23);1H. The number of nitrogens with one attached hydrogen (secondary N) is 2. The number of guanidine groups is 1. The molecule has 8 heteroatoms. The topological polar surface area (TPSA) is 62.2 Å². The van der Waals surface area contributed by atoms with Gasteiger partial charge in [-0.25, -0.2) is 9.97 Å². The highest BCUT2D eigenvalue weighted by Crippen LogP contribution is 2.23. The number of halogens is 1. The molecule has 5 nitrogen and oxygen atoms in total. The molecule has 0 unspecified atom stereocenters. The van der Waals surface area contributed by atoms with E-state index in [2.05, 4.69) is 52.0 Å². The molecule has 0 radical (unpaired) electrons. The Morgan fingerprint density at radius 2 is 1.75 bits per heavy atom. The van der Waals surface area contributed by atoms with Crippen molar-refractivity contribution in [3.8, 4) is 10.6 Å². The number of hydrogen-bond donors (Lipinski definition) is 2. The summed E-state index contributed by atoms with van der Waals surface area (Å²) in [5, 5.41) is 11.1. The molecule has 2 heterocycles. The van der Waals surface area contributed by atoms with E-state index in [4.69, 9.17) is 4.98 Å². The molecule has 3 rings (SSSR count). The first-order chi connectivity index (χ1) is 13.2. The van der Waals surface area contributed by atoms with Crippen LogP contribution in [-0.4, -0.2) is 36.1 Å². The van der Waals surface area contributed by atoms with E-state index >= 15 is 0 Å². The third-order valence-corrected chi connectivity index (χ3v) is 6.25. The number of aliphatic imine (C=N–C) groups is 1. The average molecular weight is 528 g/mol. The van der Waals surface area contributed by atoms with Crippen molar-refractivity contribution in [3.05, 3.63) is 57.0 Å². The van der Waals surface area contributed by atoms with Crippen LogP contribution in [0.25, 0.3) is 10.6 Å². The van der Waals surface area contributed by atoms with Gasteiger partial charge < -0.3 is 10.6 Å². The second kappa shape index (κ2) is 11.5. The summed E-state index contributed by atoms with van der Waals surface area (Å²) in [4.78, 5) is 14.9. The molecule has 0 saturated carbocycles. The smallest absolute Gasteiger partial charge is 0.191 e. The maximum atomic E-state index is 4.73. The first-order valence-corrected chi connectivity index (χ1v) is 10.7. The highest BCUT2D eigenvalue weighted by molar-refractivity contribution is 14.0. The van der Waals surface area contributed by atoms with Gasteiger partial charge in [0.25, 0.3) is 0 Å². The summed E-state index contributed by atoms with van der Waals surface area (Å²) in [5.74, 6) is 0.818. The van der Waals surface area contributed by atoms with Crippen molar-refractivity contribution in [2.24, 2.45) is 4.99 Å². The second-order valence-corrected chi connectivity index (χ2v) is 8.33. The van der Waals surface area contributed by atoms with Crippen molar-refractivity contribution in [3.63, 3.8) is 0 Å². The van der Waals surface area contributed by atoms with Crippen molar-refractivity contribution in [2.75, 3.05) is 20.1 Å². The Kier molecular flexibility index (Phi) is 9.33. The van der Waals surface area contributed by atoms with E-state index < -0.39 is 0 Å². The van der Waals surface area contributed by atoms with Crippen molar-refractivity contribution in [1.82, 2.24) is 20.6 Å². The fourth-order valence-corrected chi connectivity index (χ4v) is 4.39. The first kappa shape index (κ1) is 22.8. The van der Waals surface area contributed by atoms with Crippen LogP contribution in [0.2, 0.25) is 0 Å². The van der Waals surface area contributed by atoms with E-state index in [1.165, 1.54) is 15.4 Å². The molecule has 0 bridgehead atoms. The third-order valence-electron chi connectivity index (χ3n) is 4.17. The van der Waals surface area contributed by atoms with Gasteiger partial charge in [0.2, 0.25) is 0 Å². The largest absolute Gasteiger partial charge is 0.356 e. The zero-order valence-electron chi connectivity index (χ0n) is 16.4. The van der Waals surface area contributed by atoms with E-state index in [1.54, 1.807) is 29.7 Å². The van der Waals surface area contributed by atoms with Crippen LogP contribution in [0.15, 0.2) is 40.7 Å². The summed E-state index contributed by atoms with van der Waals surface area (Å²) in [6.07, 6.45) is 1.78. The van der Waals surface area contributed by atoms with Gasteiger partial charge in [0, 0.05) is 48.8 Å². The third kappa shape index (κ3) is 6.52. The normalized spacial score (nSPS) is 11.2. The quantitative estimate of drug-likeness (QED) is 0.271. The number of hydrogen-bond acceptors (Lipinski definition) is 5. The molecular formula is C20H26IN5S2. The Bertz CT molecular complexity index is 870. The minimum absolute atomic E-state index is 0. The summed E-state index contributed by atoms with van der Waals surface area (Å²) >= 11 is 3.46. The maximum absolute atomic E-state index is 4.73. The van der Waals surface area contributed by atoms with E-state index in [9.17, 15) is 0 Å². The van der Waals surface area contributed by atoms with Crippen LogP contribution in [-0.2, 0) is 12.8 Å². The van der Waals surface area contributed by atoms with E-state index in [0.717, 1.165) is 48.3 Å². The molecule has 3 aromatic rings. The SMILES string of the molecule is CN=C(NCCc1csc(-c2ccccc2)n1)NCCc1nc(C)c(C)s1.I. The molecule has 0 spiro atoms. The number of aryl methyl sites for hydroxylation is 2. The highest BCUT2D eigenvalue weighted by Gasteiger charge is 2.06. The van der Waals surface area contributed by atoms with Gasteiger partial charge in [-0.3, -0.25) is 4.99 Å². The Balaban J connectivity index is 0.00000280. The summed E-state index contributed by atoms with van der Waals surface area (Å²) in [7, 11) is 1.80. The Morgan fingerprint density at radius 3 is 2.39 bits per heavy atom. The van der Waals surface area contributed by atoms with E-state index in [0.29, 0.717) is 0 Å². The van der Waals surface area contributed by atoms with Gasteiger partial charge in [0.1, 0.15) is 5.01 Å². The molecule has 0 atom stereocenters. The molecule has 0 amide bonds. The van der Waals surface area contributed by atoms with Crippen molar-refractivity contribution in [1.29, 1.82) is 0 Å². The molecule has 0 aliphatic carbocycles. The molecular weight excluding hydrogens is 501 g/mol. The Labute approximate surface area is 191 Å². The average Bonchev–Trinajstić information content (AvgIpc) is 3.28. The van der Waals surface area contributed by atoms with Crippen molar-refractivity contribution >= 4 is 52.6 Å². The zero-order valence-corrected chi connectivity index (χ0v) is 20.3. The lowest BCUT2D eigenvalue weighted by atomic mass is 10.2. The molecule has 0 aliphatic heterocycles. The number of rotatable bonds is 7. The van der Waals surface area contributed by atoms with Crippen LogP contribution in [0.4, 0.5) is 0 Å². The molecule has 0 aliphatic rings. The lowest BCUT2D eigenvalue weighted by Crippen LogP contribution is -2.39. The minimum Gasteiger partial charge on any atom is -0.356 e. The van der Waals surface area contributed by atoms with Crippen LogP contribution in [0.1, 0.15) is 21.3 Å². The van der Waals surface area contributed by atoms with Crippen LogP contribution >= 0.6 is 46.7 Å². The van der Waals surface area contributed by atoms with Gasteiger partial charge in [0.15, 0.2) is 5.96 Å². The highest BCUT2D eigenvalue weighted by atomic mass is 127. The number of aromatic nitrogens is 2. The minimum atomic E-state index is 0. The van der Waals surface area contributed by atoms with Gasteiger partial charge in [-0.15, -0.1) is 46.7 Å². The van der Waals surface area contributed by atoms with Gasteiger partial charge in [0.05, 0.1) is 16.4 Å². The summed E-state index contributed by atoms with van der Waals surface area (Å²) < 4.78 is 0. The fourth-order valence-electron chi connectivity index (χ4n) is 2.60. The maximum Gasteiger partial charge on any atom is 0.191 e. The van der Waals surface area contributed by atoms with Crippen LogP contribution < -0.4 is 10.6 Å². The molecule has 0 fully saturated rings. The number of benzene rings is 1. The summed E-state index contributed by atoms with van der Waals surface area (Å²) in [5.41, 5.74) is 3.41. The predicted octanol–water partition coefficient (Wildman–Crippen LogP) is 4.45. The number of nitrogens with zero attached hydrogens (tertiary/aromatic N) is 3. The van der Waals surface area contributed by atoms with E-state index in [1.807, 2.05) is 18.2 Å². The lowest BCUT2D eigenvalue weighted by molar-refractivity contribution is 0.776. The van der Waals surface area contributed by atoms with Gasteiger partial charge in [-0.2, -0.15) is 0 Å². The molecule has 28 heavy (non-hydrogen) atoms. The fraction of sp³-hybridized carbons (Fsp3) is 0.350. The van der Waals surface area contributed by atoms with Crippen LogP contribution in [0, 0.1) is 13.8 Å². The summed E-state index contributed by atoms with van der Waals surface area (Å²) in [6, 6.07) is 10.3. The van der Waals surface area contributed by atoms with Crippen molar-refractivity contribution in [2.45, 2.75) is 26.7 Å². The Morgan fingerprint density at radius 1 is 1.04 bits per heavy atom. The van der Waals surface area contributed by atoms with Crippen LogP contribution in [0.5, 0.6) is 0 Å². The molecule has 2 N–H and O–H groups in total. The summed E-state index contributed by atoms with van der Waals surface area (Å²) in [6.45, 7) is 5.80. The second-order valence-electron chi connectivity index (χ2n) is 6.18.